The minimum Gasteiger partial charge on any atom is -0.454 e. The lowest BCUT2D eigenvalue weighted by Crippen LogP contribution is -2.47. The third-order valence-corrected chi connectivity index (χ3v) is 3.12. The molecule has 2 heterocycles. The molecule has 0 radical (unpaired) electrons. The summed E-state index contributed by atoms with van der Waals surface area (Å²) in [7, 11) is 0. The summed E-state index contributed by atoms with van der Waals surface area (Å²) in [6, 6.07) is 5.64. The Balaban J connectivity index is 1.55. The highest BCUT2D eigenvalue weighted by molar-refractivity contribution is 5.81. The SMILES string of the molecule is O=C(NCc1ccc2c(c1)OCO2)[C@@H]1CNCCO1. The lowest BCUT2D eigenvalue weighted by atomic mass is 10.2. The molecule has 19 heavy (non-hydrogen) atoms. The first-order valence-corrected chi connectivity index (χ1v) is 6.31. The second kappa shape index (κ2) is 5.46. The van der Waals surface area contributed by atoms with Crippen LogP contribution in [0.1, 0.15) is 5.56 Å². The molecular formula is C13H16N2O4. The maximum absolute atomic E-state index is 11.9. The van der Waals surface area contributed by atoms with Gasteiger partial charge in [0.15, 0.2) is 11.5 Å². The van der Waals surface area contributed by atoms with Crippen LogP contribution in [0, 0.1) is 0 Å². The molecule has 0 bridgehead atoms. The largest absolute Gasteiger partial charge is 0.454 e. The molecule has 1 aromatic carbocycles. The molecule has 6 nitrogen and oxygen atoms in total. The van der Waals surface area contributed by atoms with Crippen molar-refractivity contribution in [2.45, 2.75) is 12.6 Å². The van der Waals surface area contributed by atoms with Crippen LogP contribution in [0.15, 0.2) is 18.2 Å². The monoisotopic (exact) mass is 264 g/mol. The van der Waals surface area contributed by atoms with Crippen molar-refractivity contribution in [1.82, 2.24) is 10.6 Å². The third kappa shape index (κ3) is 2.80. The number of hydrogen-bond donors (Lipinski definition) is 2. The van der Waals surface area contributed by atoms with E-state index in [1.165, 1.54) is 0 Å². The van der Waals surface area contributed by atoms with E-state index in [0.717, 1.165) is 23.6 Å². The molecule has 6 heteroatoms. The van der Waals surface area contributed by atoms with Crippen LogP contribution in [0.5, 0.6) is 11.5 Å². The first kappa shape index (κ1) is 12.3. The van der Waals surface area contributed by atoms with Crippen LogP contribution in [0.3, 0.4) is 0 Å². The van der Waals surface area contributed by atoms with Gasteiger partial charge < -0.3 is 24.8 Å². The van der Waals surface area contributed by atoms with Crippen molar-refractivity contribution in [3.05, 3.63) is 23.8 Å². The van der Waals surface area contributed by atoms with Crippen molar-refractivity contribution < 1.29 is 19.0 Å². The smallest absolute Gasteiger partial charge is 0.250 e. The molecule has 2 N–H and O–H groups in total. The molecule has 1 atom stereocenters. The fourth-order valence-electron chi connectivity index (χ4n) is 2.09. The highest BCUT2D eigenvalue weighted by Gasteiger charge is 2.21. The van der Waals surface area contributed by atoms with Crippen LogP contribution < -0.4 is 20.1 Å². The predicted octanol–water partition coefficient (Wildman–Crippen LogP) is 0.0199. The third-order valence-electron chi connectivity index (χ3n) is 3.12. The molecule has 1 aromatic rings. The Morgan fingerprint density at radius 2 is 2.26 bits per heavy atom. The average molecular weight is 264 g/mol. The summed E-state index contributed by atoms with van der Waals surface area (Å²) >= 11 is 0. The van der Waals surface area contributed by atoms with Gasteiger partial charge in [0.25, 0.3) is 5.91 Å². The van der Waals surface area contributed by atoms with E-state index in [1.807, 2.05) is 18.2 Å². The van der Waals surface area contributed by atoms with Crippen LogP contribution >= 0.6 is 0 Å². The zero-order chi connectivity index (χ0) is 13.1. The predicted molar refractivity (Wildman–Crippen MR) is 67.0 cm³/mol. The summed E-state index contributed by atoms with van der Waals surface area (Å²) in [4.78, 5) is 11.9. The molecule has 1 saturated heterocycles. The molecule has 2 aliphatic heterocycles. The van der Waals surface area contributed by atoms with Gasteiger partial charge in [0.05, 0.1) is 6.61 Å². The quantitative estimate of drug-likeness (QED) is 0.805. The zero-order valence-corrected chi connectivity index (χ0v) is 10.5. The number of nitrogens with one attached hydrogen (secondary N) is 2. The van der Waals surface area contributed by atoms with Crippen molar-refractivity contribution in [3.8, 4) is 11.5 Å². The van der Waals surface area contributed by atoms with Crippen molar-refractivity contribution >= 4 is 5.91 Å². The Bertz CT molecular complexity index is 472. The van der Waals surface area contributed by atoms with Crippen LogP contribution in [0.2, 0.25) is 0 Å². The molecule has 102 valence electrons. The molecule has 0 unspecified atom stereocenters. The van der Waals surface area contributed by atoms with E-state index in [9.17, 15) is 4.79 Å². The minimum atomic E-state index is -0.400. The van der Waals surface area contributed by atoms with Crippen LogP contribution in [0.4, 0.5) is 0 Å². The zero-order valence-electron chi connectivity index (χ0n) is 10.5. The number of morpholine rings is 1. The standard InChI is InChI=1S/C13H16N2O4/c16-13(12-7-14-3-4-17-12)15-6-9-1-2-10-11(5-9)19-8-18-10/h1-2,5,12,14H,3-4,6-8H2,(H,15,16)/t12-/m0/s1. The maximum atomic E-state index is 11.9. The van der Waals surface area contributed by atoms with E-state index in [4.69, 9.17) is 14.2 Å². The second-order valence-corrected chi connectivity index (χ2v) is 4.47. The molecule has 0 saturated carbocycles. The van der Waals surface area contributed by atoms with Crippen LogP contribution in [-0.2, 0) is 16.1 Å². The fourth-order valence-corrected chi connectivity index (χ4v) is 2.09. The molecule has 1 fully saturated rings. The molecular weight excluding hydrogens is 248 g/mol. The highest BCUT2D eigenvalue weighted by Crippen LogP contribution is 2.32. The van der Waals surface area contributed by atoms with E-state index in [-0.39, 0.29) is 12.7 Å². The van der Waals surface area contributed by atoms with Gasteiger partial charge in [-0.05, 0) is 17.7 Å². The Kier molecular flexibility index (Phi) is 3.52. The van der Waals surface area contributed by atoms with Crippen molar-refractivity contribution in [3.63, 3.8) is 0 Å². The van der Waals surface area contributed by atoms with Crippen LogP contribution in [-0.4, -0.2) is 38.5 Å². The summed E-state index contributed by atoms with van der Waals surface area (Å²) in [5, 5.41) is 5.99. The van der Waals surface area contributed by atoms with Gasteiger partial charge in [0.1, 0.15) is 6.10 Å². The second-order valence-electron chi connectivity index (χ2n) is 4.47. The van der Waals surface area contributed by atoms with Crippen molar-refractivity contribution in [2.24, 2.45) is 0 Å². The van der Waals surface area contributed by atoms with E-state index in [1.54, 1.807) is 0 Å². The van der Waals surface area contributed by atoms with Gasteiger partial charge in [-0.2, -0.15) is 0 Å². The topological polar surface area (TPSA) is 68.8 Å². The lowest BCUT2D eigenvalue weighted by molar-refractivity contribution is -0.134. The Morgan fingerprint density at radius 1 is 1.37 bits per heavy atom. The number of carbonyl (C=O) groups is 1. The Morgan fingerprint density at radius 3 is 3.11 bits per heavy atom. The number of benzene rings is 1. The summed E-state index contributed by atoms with van der Waals surface area (Å²) < 4.78 is 15.9. The first-order chi connectivity index (χ1) is 9.33. The molecule has 0 spiro atoms. The van der Waals surface area contributed by atoms with Gasteiger partial charge in [-0.3, -0.25) is 4.79 Å². The van der Waals surface area contributed by atoms with Crippen LogP contribution in [0.25, 0.3) is 0 Å². The number of amides is 1. The minimum absolute atomic E-state index is 0.0927. The molecule has 2 aliphatic rings. The maximum Gasteiger partial charge on any atom is 0.250 e. The lowest BCUT2D eigenvalue weighted by Gasteiger charge is -2.22. The van der Waals surface area contributed by atoms with Gasteiger partial charge in [0, 0.05) is 19.6 Å². The molecule has 0 aromatic heterocycles. The van der Waals surface area contributed by atoms with Crippen molar-refractivity contribution in [1.29, 1.82) is 0 Å². The van der Waals surface area contributed by atoms with Crippen molar-refractivity contribution in [2.75, 3.05) is 26.5 Å². The normalized spacial score (nSPS) is 21.2. The summed E-state index contributed by atoms with van der Waals surface area (Å²) in [5.41, 5.74) is 0.973. The van der Waals surface area contributed by atoms with E-state index in [0.29, 0.717) is 19.7 Å². The summed E-state index contributed by atoms with van der Waals surface area (Å²) in [6.45, 7) is 2.64. The van der Waals surface area contributed by atoms with E-state index < -0.39 is 6.10 Å². The molecule has 3 rings (SSSR count). The average Bonchev–Trinajstić information content (AvgIpc) is 2.93. The fraction of sp³-hybridized carbons (Fsp3) is 0.462. The first-order valence-electron chi connectivity index (χ1n) is 6.31. The molecule has 0 aliphatic carbocycles. The summed E-state index contributed by atoms with van der Waals surface area (Å²) in [6.07, 6.45) is -0.400. The van der Waals surface area contributed by atoms with Gasteiger partial charge in [-0.1, -0.05) is 6.07 Å². The Labute approximate surface area is 111 Å². The van der Waals surface area contributed by atoms with E-state index in [2.05, 4.69) is 10.6 Å². The number of hydrogen-bond acceptors (Lipinski definition) is 5. The van der Waals surface area contributed by atoms with Gasteiger partial charge >= 0.3 is 0 Å². The molecule has 1 amide bonds. The number of fused-ring (bicyclic) bond motifs is 1. The van der Waals surface area contributed by atoms with E-state index >= 15 is 0 Å². The van der Waals surface area contributed by atoms with Gasteiger partial charge in [-0.25, -0.2) is 0 Å². The number of carbonyl (C=O) groups excluding carboxylic acids is 1. The highest BCUT2D eigenvalue weighted by atomic mass is 16.7. The Hall–Kier alpha value is -1.79. The van der Waals surface area contributed by atoms with Gasteiger partial charge in [-0.15, -0.1) is 0 Å². The summed E-state index contributed by atoms with van der Waals surface area (Å²) in [5.74, 6) is 1.38. The van der Waals surface area contributed by atoms with Gasteiger partial charge in [0.2, 0.25) is 6.79 Å². The number of ether oxygens (including phenoxy) is 3. The number of rotatable bonds is 3.